The first-order chi connectivity index (χ1) is 12.8. The number of aromatic nitrogens is 1. The molecule has 0 aliphatic heterocycles. The molecular formula is C20H22FNO5. The number of halogens is 1. The van der Waals surface area contributed by atoms with Gasteiger partial charge in [0, 0.05) is 5.56 Å². The molecule has 0 atom stereocenters. The molecule has 0 bridgehead atoms. The van der Waals surface area contributed by atoms with Gasteiger partial charge >= 0.3 is 11.9 Å². The Bertz CT molecular complexity index is 846. The van der Waals surface area contributed by atoms with Crippen molar-refractivity contribution in [2.75, 3.05) is 20.8 Å². The fourth-order valence-electron chi connectivity index (χ4n) is 2.75. The van der Waals surface area contributed by atoms with Gasteiger partial charge in [-0.05, 0) is 30.5 Å². The second-order valence-corrected chi connectivity index (χ2v) is 6.00. The number of ether oxygens (including phenoxy) is 3. The lowest BCUT2D eigenvalue weighted by atomic mass is 9.90. The standard InChI is InChI=1S/C20H22FNO5/c1-6-27-20(24)15-14(12-7-9-13(21)10-8-12)16(19(23)26-5)18(25-4)22-17(15)11(2)3/h7-11H,6H2,1-5H3. The largest absolute Gasteiger partial charge is 0.480 e. The first-order valence-corrected chi connectivity index (χ1v) is 8.48. The van der Waals surface area contributed by atoms with E-state index in [1.807, 2.05) is 13.8 Å². The van der Waals surface area contributed by atoms with E-state index in [4.69, 9.17) is 14.2 Å². The van der Waals surface area contributed by atoms with Gasteiger partial charge in [0.15, 0.2) is 0 Å². The van der Waals surface area contributed by atoms with Gasteiger partial charge in [-0.2, -0.15) is 0 Å². The van der Waals surface area contributed by atoms with Crippen molar-refractivity contribution < 1.29 is 28.2 Å². The van der Waals surface area contributed by atoms with Crippen LogP contribution < -0.4 is 4.74 Å². The van der Waals surface area contributed by atoms with E-state index in [-0.39, 0.29) is 35.1 Å². The number of pyridine rings is 1. The van der Waals surface area contributed by atoms with Crippen molar-refractivity contribution in [3.05, 3.63) is 46.9 Å². The van der Waals surface area contributed by atoms with Crippen LogP contribution >= 0.6 is 0 Å². The molecule has 0 saturated heterocycles. The molecule has 0 amide bonds. The van der Waals surface area contributed by atoms with Gasteiger partial charge in [0.05, 0.1) is 32.1 Å². The SMILES string of the molecule is CCOC(=O)c1c(C(C)C)nc(OC)c(C(=O)OC)c1-c1ccc(F)cc1. The highest BCUT2D eigenvalue weighted by atomic mass is 19.1. The summed E-state index contributed by atoms with van der Waals surface area (Å²) in [7, 11) is 2.59. The van der Waals surface area contributed by atoms with Gasteiger partial charge < -0.3 is 14.2 Å². The minimum absolute atomic E-state index is 0.0148. The number of hydrogen-bond donors (Lipinski definition) is 0. The Labute approximate surface area is 157 Å². The highest BCUT2D eigenvalue weighted by Crippen LogP contribution is 2.38. The number of rotatable bonds is 6. The summed E-state index contributed by atoms with van der Waals surface area (Å²) in [5.74, 6) is -1.93. The van der Waals surface area contributed by atoms with E-state index in [1.54, 1.807) is 6.92 Å². The van der Waals surface area contributed by atoms with Crippen molar-refractivity contribution in [3.8, 4) is 17.0 Å². The van der Waals surface area contributed by atoms with Crippen molar-refractivity contribution in [1.29, 1.82) is 0 Å². The maximum Gasteiger partial charge on any atom is 0.344 e. The molecule has 144 valence electrons. The van der Waals surface area contributed by atoms with E-state index < -0.39 is 17.8 Å². The normalized spacial score (nSPS) is 10.6. The predicted octanol–water partition coefficient (Wildman–Crippen LogP) is 3.98. The molecule has 0 spiro atoms. The molecular weight excluding hydrogens is 353 g/mol. The van der Waals surface area contributed by atoms with Crippen LogP contribution in [-0.4, -0.2) is 37.7 Å². The summed E-state index contributed by atoms with van der Waals surface area (Å²) in [6.45, 7) is 5.55. The zero-order valence-corrected chi connectivity index (χ0v) is 16.0. The third-order valence-electron chi connectivity index (χ3n) is 3.93. The summed E-state index contributed by atoms with van der Waals surface area (Å²) in [6, 6.07) is 5.44. The molecule has 1 aromatic carbocycles. The van der Waals surface area contributed by atoms with Crippen LogP contribution in [0.5, 0.6) is 5.88 Å². The molecule has 2 aromatic rings. The molecule has 1 heterocycles. The van der Waals surface area contributed by atoms with Gasteiger partial charge in [-0.15, -0.1) is 0 Å². The zero-order chi connectivity index (χ0) is 20.1. The lowest BCUT2D eigenvalue weighted by Crippen LogP contribution is -2.18. The summed E-state index contributed by atoms with van der Waals surface area (Å²) in [5.41, 5.74) is 1.23. The maximum absolute atomic E-state index is 13.4. The number of methoxy groups -OCH3 is 2. The number of nitrogens with zero attached hydrogens (tertiary/aromatic N) is 1. The minimum Gasteiger partial charge on any atom is -0.480 e. The number of carbonyl (C=O) groups excluding carboxylic acids is 2. The second-order valence-electron chi connectivity index (χ2n) is 6.00. The van der Waals surface area contributed by atoms with E-state index in [0.717, 1.165) is 0 Å². The van der Waals surface area contributed by atoms with Crippen molar-refractivity contribution in [2.45, 2.75) is 26.7 Å². The fourth-order valence-corrected chi connectivity index (χ4v) is 2.75. The van der Waals surface area contributed by atoms with Crippen LogP contribution in [0.15, 0.2) is 24.3 Å². The van der Waals surface area contributed by atoms with E-state index in [1.165, 1.54) is 38.5 Å². The highest BCUT2D eigenvalue weighted by Gasteiger charge is 2.31. The number of benzene rings is 1. The van der Waals surface area contributed by atoms with Crippen molar-refractivity contribution in [3.63, 3.8) is 0 Å². The molecule has 2 rings (SSSR count). The quantitative estimate of drug-likeness (QED) is 0.711. The van der Waals surface area contributed by atoms with E-state index in [2.05, 4.69) is 4.98 Å². The molecule has 7 heteroatoms. The zero-order valence-electron chi connectivity index (χ0n) is 16.0. The fraction of sp³-hybridized carbons (Fsp3) is 0.350. The Morgan fingerprint density at radius 2 is 1.70 bits per heavy atom. The molecule has 0 unspecified atom stereocenters. The maximum atomic E-state index is 13.4. The Balaban J connectivity index is 2.99. The predicted molar refractivity (Wildman–Crippen MR) is 97.6 cm³/mol. The van der Waals surface area contributed by atoms with E-state index in [9.17, 15) is 14.0 Å². The van der Waals surface area contributed by atoms with Crippen LogP contribution in [0.4, 0.5) is 4.39 Å². The first kappa shape index (κ1) is 20.4. The Morgan fingerprint density at radius 1 is 1.07 bits per heavy atom. The molecule has 0 N–H and O–H groups in total. The van der Waals surface area contributed by atoms with Crippen molar-refractivity contribution in [2.24, 2.45) is 0 Å². The molecule has 27 heavy (non-hydrogen) atoms. The van der Waals surface area contributed by atoms with E-state index >= 15 is 0 Å². The number of hydrogen-bond acceptors (Lipinski definition) is 6. The number of esters is 2. The van der Waals surface area contributed by atoms with Gasteiger partial charge in [0.25, 0.3) is 0 Å². The van der Waals surface area contributed by atoms with Gasteiger partial charge in [-0.3, -0.25) is 0 Å². The summed E-state index contributed by atoms with van der Waals surface area (Å²) in [4.78, 5) is 29.6. The third-order valence-corrected chi connectivity index (χ3v) is 3.93. The molecule has 6 nitrogen and oxygen atoms in total. The minimum atomic E-state index is -0.723. The first-order valence-electron chi connectivity index (χ1n) is 8.48. The summed E-state index contributed by atoms with van der Waals surface area (Å²) in [6.07, 6.45) is 0. The van der Waals surface area contributed by atoms with Crippen LogP contribution in [0.2, 0.25) is 0 Å². The Hall–Kier alpha value is -2.96. The molecule has 0 radical (unpaired) electrons. The van der Waals surface area contributed by atoms with Crippen LogP contribution in [-0.2, 0) is 9.47 Å². The number of carbonyl (C=O) groups is 2. The topological polar surface area (TPSA) is 74.7 Å². The molecule has 0 fully saturated rings. The van der Waals surface area contributed by atoms with Crippen molar-refractivity contribution >= 4 is 11.9 Å². The van der Waals surface area contributed by atoms with Crippen LogP contribution in [0.3, 0.4) is 0 Å². The van der Waals surface area contributed by atoms with Crippen LogP contribution in [0.1, 0.15) is 53.1 Å². The van der Waals surface area contributed by atoms with Crippen molar-refractivity contribution in [1.82, 2.24) is 4.98 Å². The van der Waals surface area contributed by atoms with Gasteiger partial charge in [0.1, 0.15) is 11.4 Å². The van der Waals surface area contributed by atoms with Crippen LogP contribution in [0.25, 0.3) is 11.1 Å². The third kappa shape index (κ3) is 4.07. The molecule has 0 aliphatic rings. The van der Waals surface area contributed by atoms with Gasteiger partial charge in [0.2, 0.25) is 5.88 Å². The van der Waals surface area contributed by atoms with Gasteiger partial charge in [-0.1, -0.05) is 26.0 Å². The molecule has 1 aromatic heterocycles. The lowest BCUT2D eigenvalue weighted by molar-refractivity contribution is 0.0524. The van der Waals surface area contributed by atoms with E-state index in [0.29, 0.717) is 11.3 Å². The summed E-state index contributed by atoms with van der Waals surface area (Å²) < 4.78 is 28.8. The monoisotopic (exact) mass is 375 g/mol. The molecule has 0 saturated carbocycles. The molecule has 0 aliphatic carbocycles. The second kappa shape index (κ2) is 8.62. The van der Waals surface area contributed by atoms with Gasteiger partial charge in [-0.25, -0.2) is 19.0 Å². The van der Waals surface area contributed by atoms with Crippen LogP contribution in [0, 0.1) is 5.82 Å². The highest BCUT2D eigenvalue weighted by molar-refractivity contribution is 6.08. The smallest absolute Gasteiger partial charge is 0.344 e. The Morgan fingerprint density at radius 3 is 2.19 bits per heavy atom. The summed E-state index contributed by atoms with van der Waals surface area (Å²) >= 11 is 0. The Kier molecular flexibility index (Phi) is 6.50. The average molecular weight is 375 g/mol. The lowest BCUT2D eigenvalue weighted by Gasteiger charge is -2.20. The summed E-state index contributed by atoms with van der Waals surface area (Å²) in [5, 5.41) is 0. The average Bonchev–Trinajstić information content (AvgIpc) is 2.66.